The molecule has 5 heteroatoms. The summed E-state index contributed by atoms with van der Waals surface area (Å²) >= 11 is 0. The standard InChI is InChI=1S/C15H15N3O2/c16-15(18-20)12-8-4-5-9-13(12)17-14(19)10-11-6-2-1-3-7-11/h1-9,20H,10H2,(H2,16,18)(H,17,19). The first-order valence-corrected chi connectivity index (χ1v) is 6.11. The molecule has 0 aliphatic rings. The van der Waals surface area contributed by atoms with Crippen molar-refractivity contribution in [1.82, 2.24) is 0 Å². The van der Waals surface area contributed by atoms with Crippen LogP contribution >= 0.6 is 0 Å². The summed E-state index contributed by atoms with van der Waals surface area (Å²) in [5.41, 5.74) is 7.49. The van der Waals surface area contributed by atoms with Gasteiger partial charge in [0.25, 0.3) is 0 Å². The second-order valence-corrected chi connectivity index (χ2v) is 4.24. The van der Waals surface area contributed by atoms with Gasteiger partial charge in [-0.3, -0.25) is 4.79 Å². The van der Waals surface area contributed by atoms with Crippen molar-refractivity contribution in [3.63, 3.8) is 0 Å². The predicted molar refractivity (Wildman–Crippen MR) is 77.7 cm³/mol. The highest BCUT2D eigenvalue weighted by Gasteiger charge is 2.09. The summed E-state index contributed by atoms with van der Waals surface area (Å²) in [6, 6.07) is 16.3. The Labute approximate surface area is 116 Å². The number of benzene rings is 2. The Balaban J connectivity index is 2.12. The van der Waals surface area contributed by atoms with Gasteiger partial charge in [0.2, 0.25) is 5.91 Å². The number of oxime groups is 1. The van der Waals surface area contributed by atoms with Crippen molar-refractivity contribution in [2.75, 3.05) is 5.32 Å². The highest BCUT2D eigenvalue weighted by molar-refractivity contribution is 6.05. The quantitative estimate of drug-likeness (QED) is 0.343. The molecule has 2 rings (SSSR count). The van der Waals surface area contributed by atoms with Gasteiger partial charge in [-0.25, -0.2) is 0 Å². The number of hydrogen-bond acceptors (Lipinski definition) is 3. The number of carbonyl (C=O) groups excluding carboxylic acids is 1. The summed E-state index contributed by atoms with van der Waals surface area (Å²) in [6.07, 6.45) is 0.269. The van der Waals surface area contributed by atoms with Crippen LogP contribution in [0.5, 0.6) is 0 Å². The van der Waals surface area contributed by atoms with E-state index in [2.05, 4.69) is 10.5 Å². The number of para-hydroxylation sites is 1. The van der Waals surface area contributed by atoms with Gasteiger partial charge in [-0.2, -0.15) is 0 Å². The third-order valence-electron chi connectivity index (χ3n) is 2.79. The molecule has 0 aromatic heterocycles. The summed E-state index contributed by atoms with van der Waals surface area (Å²) in [4.78, 5) is 12.0. The molecule has 0 spiro atoms. The van der Waals surface area contributed by atoms with Gasteiger partial charge in [0.15, 0.2) is 5.84 Å². The minimum Gasteiger partial charge on any atom is -0.409 e. The maximum absolute atomic E-state index is 12.0. The smallest absolute Gasteiger partial charge is 0.228 e. The van der Waals surface area contributed by atoms with E-state index in [9.17, 15) is 4.79 Å². The first kappa shape index (κ1) is 13.6. The van der Waals surface area contributed by atoms with Crippen molar-refractivity contribution in [1.29, 1.82) is 0 Å². The number of hydrogen-bond donors (Lipinski definition) is 3. The number of nitrogens with zero attached hydrogens (tertiary/aromatic N) is 1. The molecule has 1 amide bonds. The lowest BCUT2D eigenvalue weighted by molar-refractivity contribution is -0.115. The average molecular weight is 269 g/mol. The van der Waals surface area contributed by atoms with Crippen LogP contribution < -0.4 is 11.1 Å². The van der Waals surface area contributed by atoms with Gasteiger partial charge in [-0.05, 0) is 17.7 Å². The third-order valence-corrected chi connectivity index (χ3v) is 2.79. The Kier molecular flexibility index (Phi) is 4.34. The highest BCUT2D eigenvalue weighted by atomic mass is 16.4. The molecule has 0 radical (unpaired) electrons. The van der Waals surface area contributed by atoms with Crippen molar-refractivity contribution in [3.05, 3.63) is 65.7 Å². The van der Waals surface area contributed by atoms with Gasteiger partial charge in [-0.15, -0.1) is 0 Å². The second kappa shape index (κ2) is 6.38. The molecule has 2 aromatic rings. The van der Waals surface area contributed by atoms with E-state index in [4.69, 9.17) is 10.9 Å². The molecular weight excluding hydrogens is 254 g/mol. The summed E-state index contributed by atoms with van der Waals surface area (Å²) in [5, 5.41) is 14.4. The number of nitrogens with one attached hydrogen (secondary N) is 1. The Morgan fingerprint density at radius 2 is 1.75 bits per heavy atom. The number of nitrogens with two attached hydrogens (primary N) is 1. The van der Waals surface area contributed by atoms with Gasteiger partial charge < -0.3 is 16.3 Å². The van der Waals surface area contributed by atoms with Gasteiger partial charge in [0.1, 0.15) is 0 Å². The molecule has 102 valence electrons. The van der Waals surface area contributed by atoms with Crippen LogP contribution in [0.15, 0.2) is 59.8 Å². The van der Waals surface area contributed by atoms with Crippen molar-refractivity contribution in [2.24, 2.45) is 10.9 Å². The molecule has 2 aromatic carbocycles. The number of amides is 1. The lowest BCUT2D eigenvalue weighted by Gasteiger charge is -2.09. The van der Waals surface area contributed by atoms with Crippen LogP contribution in [-0.2, 0) is 11.2 Å². The molecule has 0 atom stereocenters. The zero-order valence-electron chi connectivity index (χ0n) is 10.8. The minimum absolute atomic E-state index is 0.0411. The zero-order chi connectivity index (χ0) is 14.4. The van der Waals surface area contributed by atoms with Crippen LogP contribution in [0.2, 0.25) is 0 Å². The van der Waals surface area contributed by atoms with Crippen LogP contribution in [0.25, 0.3) is 0 Å². The SMILES string of the molecule is N/C(=N/O)c1ccccc1NC(=O)Cc1ccccc1. The van der Waals surface area contributed by atoms with E-state index in [0.717, 1.165) is 5.56 Å². The van der Waals surface area contributed by atoms with Gasteiger partial charge in [0, 0.05) is 5.56 Å². The molecule has 20 heavy (non-hydrogen) atoms. The number of carbonyl (C=O) groups is 1. The molecule has 0 saturated heterocycles. The van der Waals surface area contributed by atoms with Crippen LogP contribution in [0, 0.1) is 0 Å². The summed E-state index contributed by atoms with van der Waals surface area (Å²) < 4.78 is 0. The van der Waals surface area contributed by atoms with Crippen molar-refractivity contribution < 1.29 is 10.0 Å². The molecule has 0 unspecified atom stereocenters. The first-order valence-electron chi connectivity index (χ1n) is 6.11. The maximum Gasteiger partial charge on any atom is 0.228 e. The number of amidine groups is 1. The molecule has 0 fully saturated rings. The molecule has 0 saturated carbocycles. The fourth-order valence-electron chi connectivity index (χ4n) is 1.85. The molecular formula is C15H15N3O2. The summed E-state index contributed by atoms with van der Waals surface area (Å²) in [6.45, 7) is 0. The van der Waals surface area contributed by atoms with Gasteiger partial charge in [-0.1, -0.05) is 47.6 Å². The fraction of sp³-hybridized carbons (Fsp3) is 0.0667. The van der Waals surface area contributed by atoms with Crippen molar-refractivity contribution >= 4 is 17.4 Å². The second-order valence-electron chi connectivity index (χ2n) is 4.24. The lowest BCUT2D eigenvalue weighted by Crippen LogP contribution is -2.20. The molecule has 4 N–H and O–H groups in total. The van der Waals surface area contributed by atoms with E-state index in [1.165, 1.54) is 0 Å². The van der Waals surface area contributed by atoms with Crippen molar-refractivity contribution in [3.8, 4) is 0 Å². The molecule has 0 aliphatic carbocycles. The van der Waals surface area contributed by atoms with E-state index in [1.54, 1.807) is 24.3 Å². The van der Waals surface area contributed by atoms with Crippen molar-refractivity contribution in [2.45, 2.75) is 6.42 Å². The normalized spacial score (nSPS) is 11.1. The largest absolute Gasteiger partial charge is 0.409 e. The molecule has 0 bridgehead atoms. The fourth-order valence-corrected chi connectivity index (χ4v) is 1.85. The lowest BCUT2D eigenvalue weighted by atomic mass is 10.1. The predicted octanol–water partition coefficient (Wildman–Crippen LogP) is 1.96. The summed E-state index contributed by atoms with van der Waals surface area (Å²) in [7, 11) is 0. The Hall–Kier alpha value is -2.82. The van der Waals surface area contributed by atoms with E-state index >= 15 is 0 Å². The number of rotatable bonds is 4. The number of anilines is 1. The highest BCUT2D eigenvalue weighted by Crippen LogP contribution is 2.15. The Bertz CT molecular complexity index is 624. The third kappa shape index (κ3) is 3.35. The van der Waals surface area contributed by atoms with Crippen LogP contribution in [0.3, 0.4) is 0 Å². The average Bonchev–Trinajstić information content (AvgIpc) is 2.48. The van der Waals surface area contributed by atoms with E-state index < -0.39 is 0 Å². The maximum atomic E-state index is 12.0. The van der Waals surface area contributed by atoms with Crippen LogP contribution in [-0.4, -0.2) is 17.0 Å². The topological polar surface area (TPSA) is 87.7 Å². The first-order chi connectivity index (χ1) is 9.70. The van der Waals surface area contributed by atoms with Gasteiger partial charge in [0.05, 0.1) is 12.1 Å². The van der Waals surface area contributed by atoms with E-state index in [-0.39, 0.29) is 18.2 Å². The Morgan fingerprint density at radius 3 is 2.45 bits per heavy atom. The van der Waals surface area contributed by atoms with Crippen LogP contribution in [0.1, 0.15) is 11.1 Å². The molecule has 5 nitrogen and oxygen atoms in total. The monoisotopic (exact) mass is 269 g/mol. The molecule has 0 aliphatic heterocycles. The van der Waals surface area contributed by atoms with Gasteiger partial charge >= 0.3 is 0 Å². The minimum atomic E-state index is -0.158. The van der Waals surface area contributed by atoms with E-state index in [1.807, 2.05) is 30.3 Å². The van der Waals surface area contributed by atoms with Crippen LogP contribution in [0.4, 0.5) is 5.69 Å². The molecule has 0 heterocycles. The zero-order valence-corrected chi connectivity index (χ0v) is 10.8. The van der Waals surface area contributed by atoms with E-state index in [0.29, 0.717) is 11.3 Å². The summed E-state index contributed by atoms with van der Waals surface area (Å²) in [5.74, 6) is -0.199. The Morgan fingerprint density at radius 1 is 1.10 bits per heavy atom.